The summed E-state index contributed by atoms with van der Waals surface area (Å²) in [5.74, 6) is 0. The van der Waals surface area contributed by atoms with Crippen molar-refractivity contribution in [3.63, 3.8) is 0 Å². The molecule has 64 valence electrons. The Morgan fingerprint density at radius 2 is 1.50 bits per heavy atom. The number of alkyl halides is 2. The van der Waals surface area contributed by atoms with Crippen LogP contribution in [0.2, 0.25) is 0 Å². The maximum atomic E-state index is 9.20. The highest BCUT2D eigenvalue weighted by atomic mass is 35.5. The molecule has 0 bridgehead atoms. The summed E-state index contributed by atoms with van der Waals surface area (Å²) in [7, 11) is 0. The Balaban J connectivity index is 0. The molecule has 0 aliphatic carbocycles. The van der Waals surface area contributed by atoms with Crippen molar-refractivity contribution < 1.29 is 5.11 Å². The maximum Gasteiger partial charge on any atom is 0.134 e. The molecule has 0 saturated heterocycles. The molecule has 0 saturated carbocycles. The Hall–Kier alpha value is 0.500. The van der Waals surface area contributed by atoms with Crippen molar-refractivity contribution in [2.24, 2.45) is 5.41 Å². The zero-order chi connectivity index (χ0) is 7.65. The zero-order valence-corrected chi connectivity index (χ0v) is 8.08. The van der Waals surface area contributed by atoms with Gasteiger partial charge >= 0.3 is 0 Å². The van der Waals surface area contributed by atoms with Crippen molar-refractivity contribution in [3.05, 3.63) is 0 Å². The minimum Gasteiger partial charge on any atom is -0.390 e. The fraction of sp³-hybridized carbons (Fsp3) is 1.00. The number of aliphatic hydroxyl groups excluding tert-OH is 1. The molecule has 0 aliphatic heterocycles. The third-order valence-corrected chi connectivity index (χ3v) is 1.60. The largest absolute Gasteiger partial charge is 0.390 e. The second-order valence-corrected chi connectivity index (χ2v) is 4.31. The van der Waals surface area contributed by atoms with Gasteiger partial charge in [-0.1, -0.05) is 20.8 Å². The van der Waals surface area contributed by atoms with Gasteiger partial charge in [-0.3, -0.25) is 0 Å². The molecule has 0 aliphatic rings. The molecule has 4 heteroatoms. The van der Waals surface area contributed by atoms with E-state index in [4.69, 9.17) is 23.2 Å². The van der Waals surface area contributed by atoms with Crippen LogP contribution < -0.4 is 6.15 Å². The van der Waals surface area contributed by atoms with Crippen LogP contribution in [0.1, 0.15) is 20.8 Å². The first-order valence-corrected chi connectivity index (χ1v) is 3.69. The summed E-state index contributed by atoms with van der Waals surface area (Å²) in [5.41, 5.74) is -0.228. The number of rotatable bonds is 1. The molecule has 0 radical (unpaired) electrons. The van der Waals surface area contributed by atoms with Gasteiger partial charge in [0.1, 0.15) is 4.84 Å². The topological polar surface area (TPSA) is 55.2 Å². The Bertz CT molecular complexity index is 90.2. The van der Waals surface area contributed by atoms with Crippen LogP contribution in [0.5, 0.6) is 0 Å². The van der Waals surface area contributed by atoms with Gasteiger partial charge in [-0.05, 0) is 5.41 Å². The number of hydrogen-bond acceptors (Lipinski definition) is 2. The van der Waals surface area contributed by atoms with E-state index in [2.05, 4.69) is 0 Å². The monoisotopic (exact) mass is 187 g/mol. The van der Waals surface area contributed by atoms with Crippen molar-refractivity contribution in [2.75, 3.05) is 0 Å². The predicted octanol–water partition coefficient (Wildman–Crippen LogP) is 2.36. The lowest BCUT2D eigenvalue weighted by Gasteiger charge is -2.26. The van der Waals surface area contributed by atoms with Gasteiger partial charge in [0, 0.05) is 0 Å². The van der Waals surface area contributed by atoms with E-state index in [0.29, 0.717) is 0 Å². The third kappa shape index (κ3) is 4.34. The normalized spacial score (nSPS) is 14.7. The average molecular weight is 188 g/mol. The number of hydrogen-bond donors (Lipinski definition) is 2. The van der Waals surface area contributed by atoms with Crippen molar-refractivity contribution in [1.82, 2.24) is 6.15 Å². The van der Waals surface area contributed by atoms with Crippen molar-refractivity contribution in [2.45, 2.75) is 31.7 Å². The van der Waals surface area contributed by atoms with Crippen LogP contribution in [0, 0.1) is 5.41 Å². The number of halogens is 2. The van der Waals surface area contributed by atoms with Crippen molar-refractivity contribution >= 4 is 23.2 Å². The summed E-state index contributed by atoms with van der Waals surface area (Å²) < 4.78 is 0. The van der Waals surface area contributed by atoms with E-state index in [9.17, 15) is 5.11 Å². The molecule has 1 unspecified atom stereocenters. The van der Waals surface area contributed by atoms with Crippen LogP contribution >= 0.6 is 23.2 Å². The van der Waals surface area contributed by atoms with Crippen LogP contribution in [0.25, 0.3) is 0 Å². The van der Waals surface area contributed by atoms with Crippen LogP contribution in [0.3, 0.4) is 0 Å². The molecule has 0 fully saturated rings. The first kappa shape index (κ1) is 13.1. The Morgan fingerprint density at radius 3 is 1.50 bits per heavy atom. The third-order valence-electron chi connectivity index (χ3n) is 1.13. The van der Waals surface area contributed by atoms with E-state index >= 15 is 0 Å². The van der Waals surface area contributed by atoms with Gasteiger partial charge in [0.05, 0.1) is 6.10 Å². The highest BCUT2D eigenvalue weighted by Crippen LogP contribution is 2.26. The molecule has 0 rings (SSSR count). The van der Waals surface area contributed by atoms with E-state index in [-0.39, 0.29) is 11.6 Å². The SMILES string of the molecule is CC(C)(C)C(O)C(Cl)Cl.N. The lowest BCUT2D eigenvalue weighted by atomic mass is 9.90. The summed E-state index contributed by atoms with van der Waals surface area (Å²) >= 11 is 10.9. The van der Waals surface area contributed by atoms with E-state index in [0.717, 1.165) is 0 Å². The van der Waals surface area contributed by atoms with Crippen LogP contribution in [0.4, 0.5) is 0 Å². The van der Waals surface area contributed by atoms with Crippen molar-refractivity contribution in [3.8, 4) is 0 Å². The Kier molecular flexibility index (Phi) is 5.76. The standard InChI is InChI=1S/C6H12Cl2O.H3N/c1-6(2,3)4(9)5(7)8;/h4-5,9H,1-3H3;1H3. The average Bonchev–Trinajstić information content (AvgIpc) is 1.62. The molecule has 0 spiro atoms. The fourth-order valence-electron chi connectivity index (χ4n) is 0.378. The molecule has 0 aromatic carbocycles. The molecule has 1 atom stereocenters. The van der Waals surface area contributed by atoms with Gasteiger partial charge in [0.15, 0.2) is 0 Å². The van der Waals surface area contributed by atoms with E-state index in [1.807, 2.05) is 20.8 Å². The van der Waals surface area contributed by atoms with Gasteiger partial charge in [0.25, 0.3) is 0 Å². The molecule has 4 N–H and O–H groups in total. The molecule has 2 nitrogen and oxygen atoms in total. The molecule has 10 heavy (non-hydrogen) atoms. The lowest BCUT2D eigenvalue weighted by Crippen LogP contribution is -2.31. The molecular formula is C6H15Cl2NO. The second-order valence-electron chi connectivity index (χ2n) is 3.15. The molecule has 0 heterocycles. The van der Waals surface area contributed by atoms with Gasteiger partial charge in [-0.15, -0.1) is 23.2 Å². The maximum absolute atomic E-state index is 9.20. The molecule has 0 aromatic rings. The minimum absolute atomic E-state index is 0. The van der Waals surface area contributed by atoms with Crippen molar-refractivity contribution in [1.29, 1.82) is 0 Å². The highest BCUT2D eigenvalue weighted by Gasteiger charge is 2.27. The first-order valence-electron chi connectivity index (χ1n) is 2.82. The highest BCUT2D eigenvalue weighted by molar-refractivity contribution is 6.44. The van der Waals surface area contributed by atoms with Crippen LogP contribution in [0.15, 0.2) is 0 Å². The summed E-state index contributed by atoms with van der Waals surface area (Å²) in [6.07, 6.45) is -0.652. The van der Waals surface area contributed by atoms with E-state index in [1.165, 1.54) is 0 Å². The number of aliphatic hydroxyl groups is 1. The summed E-state index contributed by atoms with van der Waals surface area (Å²) in [6, 6.07) is 0. The van der Waals surface area contributed by atoms with Gasteiger partial charge in [-0.25, -0.2) is 0 Å². The zero-order valence-electron chi connectivity index (χ0n) is 6.56. The van der Waals surface area contributed by atoms with E-state index < -0.39 is 10.9 Å². The van der Waals surface area contributed by atoms with Gasteiger partial charge in [-0.2, -0.15) is 0 Å². The van der Waals surface area contributed by atoms with E-state index in [1.54, 1.807) is 0 Å². The minimum atomic E-state index is -0.690. The Labute approximate surface area is 72.1 Å². The summed E-state index contributed by atoms with van der Waals surface area (Å²) in [4.78, 5) is -0.690. The summed E-state index contributed by atoms with van der Waals surface area (Å²) in [5, 5.41) is 9.20. The first-order chi connectivity index (χ1) is 3.85. The molecule has 0 aromatic heterocycles. The van der Waals surface area contributed by atoms with Crippen LogP contribution in [-0.2, 0) is 0 Å². The van der Waals surface area contributed by atoms with Gasteiger partial charge in [0.2, 0.25) is 0 Å². The molecular weight excluding hydrogens is 173 g/mol. The lowest BCUT2D eigenvalue weighted by molar-refractivity contribution is 0.0750. The smallest absolute Gasteiger partial charge is 0.134 e. The second kappa shape index (κ2) is 4.39. The van der Waals surface area contributed by atoms with Crippen LogP contribution in [-0.4, -0.2) is 16.0 Å². The quantitative estimate of drug-likeness (QED) is 0.620. The predicted molar refractivity (Wildman–Crippen MR) is 46.0 cm³/mol. The fourth-order valence-corrected chi connectivity index (χ4v) is 1.13. The van der Waals surface area contributed by atoms with Gasteiger partial charge < -0.3 is 11.3 Å². The Morgan fingerprint density at radius 1 is 1.20 bits per heavy atom. The molecule has 0 amide bonds. The summed E-state index contributed by atoms with van der Waals surface area (Å²) in [6.45, 7) is 5.65.